The van der Waals surface area contributed by atoms with Gasteiger partial charge in [0.05, 0.1) is 22.2 Å². The van der Waals surface area contributed by atoms with Crippen molar-refractivity contribution in [3.05, 3.63) is 59.4 Å². The molecule has 2 nitrogen and oxygen atoms in total. The number of hydrogen-bond donors (Lipinski definition) is 1. The molecule has 2 N–H and O–H groups in total. The zero-order valence-corrected chi connectivity index (χ0v) is 10.8. The van der Waals surface area contributed by atoms with Crippen molar-refractivity contribution in [1.82, 2.24) is 0 Å². The van der Waals surface area contributed by atoms with Gasteiger partial charge in [-0.25, -0.2) is 4.39 Å². The molecule has 4 heteroatoms. The van der Waals surface area contributed by atoms with Gasteiger partial charge in [0.25, 0.3) is 0 Å². The zero-order chi connectivity index (χ0) is 13.1. The van der Waals surface area contributed by atoms with E-state index in [1.54, 1.807) is 6.07 Å². The van der Waals surface area contributed by atoms with Gasteiger partial charge in [-0.3, -0.25) is 4.21 Å². The van der Waals surface area contributed by atoms with E-state index >= 15 is 0 Å². The van der Waals surface area contributed by atoms with Gasteiger partial charge < -0.3 is 5.73 Å². The van der Waals surface area contributed by atoms with Crippen LogP contribution in [-0.2, 0) is 16.6 Å². The highest BCUT2D eigenvalue weighted by Gasteiger charge is 2.09. The quantitative estimate of drug-likeness (QED) is 0.865. The Morgan fingerprint density at radius 2 is 1.94 bits per heavy atom. The molecule has 0 spiro atoms. The van der Waals surface area contributed by atoms with Gasteiger partial charge in [-0.2, -0.15) is 0 Å². The Kier molecular flexibility index (Phi) is 3.77. The van der Waals surface area contributed by atoms with Crippen molar-refractivity contribution in [2.45, 2.75) is 17.6 Å². The molecular weight excluding hydrogens is 249 g/mol. The topological polar surface area (TPSA) is 43.1 Å². The first-order chi connectivity index (χ1) is 8.58. The minimum atomic E-state index is -1.26. The molecule has 0 radical (unpaired) electrons. The summed E-state index contributed by atoms with van der Waals surface area (Å²) in [4.78, 5) is 0.463. The number of benzene rings is 2. The Labute approximate surface area is 108 Å². The SMILES string of the molecule is Cc1ccccc1CS(=O)c1ccc(N)c(F)c1. The van der Waals surface area contributed by atoms with Crippen molar-refractivity contribution in [3.63, 3.8) is 0 Å². The van der Waals surface area contributed by atoms with Gasteiger partial charge in [0.2, 0.25) is 0 Å². The number of rotatable bonds is 3. The van der Waals surface area contributed by atoms with Crippen molar-refractivity contribution >= 4 is 16.5 Å². The first kappa shape index (κ1) is 12.8. The molecule has 2 rings (SSSR count). The molecule has 0 aliphatic rings. The van der Waals surface area contributed by atoms with E-state index in [4.69, 9.17) is 5.73 Å². The molecule has 2 aromatic rings. The second kappa shape index (κ2) is 5.31. The van der Waals surface area contributed by atoms with Crippen LogP contribution in [0.15, 0.2) is 47.4 Å². The maximum atomic E-state index is 13.3. The van der Waals surface area contributed by atoms with Crippen molar-refractivity contribution in [2.75, 3.05) is 5.73 Å². The summed E-state index contributed by atoms with van der Waals surface area (Å²) >= 11 is 0. The summed E-state index contributed by atoms with van der Waals surface area (Å²) in [5.74, 6) is -0.138. The van der Waals surface area contributed by atoms with Crippen molar-refractivity contribution in [3.8, 4) is 0 Å². The largest absolute Gasteiger partial charge is 0.396 e. The van der Waals surface area contributed by atoms with Crippen LogP contribution in [0, 0.1) is 12.7 Å². The first-order valence-corrected chi connectivity index (χ1v) is 6.87. The number of nitrogens with two attached hydrogens (primary N) is 1. The molecule has 0 aromatic heterocycles. The van der Waals surface area contributed by atoms with Crippen LogP contribution in [0.5, 0.6) is 0 Å². The zero-order valence-electron chi connectivity index (χ0n) is 10.0. The normalized spacial score (nSPS) is 12.3. The van der Waals surface area contributed by atoms with Gasteiger partial charge in [-0.15, -0.1) is 0 Å². The van der Waals surface area contributed by atoms with Gasteiger partial charge >= 0.3 is 0 Å². The van der Waals surface area contributed by atoms with Crippen LogP contribution >= 0.6 is 0 Å². The summed E-state index contributed by atoms with van der Waals surface area (Å²) in [6.07, 6.45) is 0. The third-order valence-electron chi connectivity index (χ3n) is 2.78. The van der Waals surface area contributed by atoms with E-state index in [2.05, 4.69) is 0 Å². The minimum Gasteiger partial charge on any atom is -0.396 e. The van der Waals surface area contributed by atoms with Crippen LogP contribution in [0.1, 0.15) is 11.1 Å². The summed E-state index contributed by atoms with van der Waals surface area (Å²) in [5, 5.41) is 0. The van der Waals surface area contributed by atoms with Gasteiger partial charge in [0.15, 0.2) is 0 Å². The number of hydrogen-bond acceptors (Lipinski definition) is 2. The van der Waals surface area contributed by atoms with Crippen molar-refractivity contribution in [1.29, 1.82) is 0 Å². The smallest absolute Gasteiger partial charge is 0.147 e. The lowest BCUT2D eigenvalue weighted by atomic mass is 10.1. The van der Waals surface area contributed by atoms with Crippen LogP contribution in [-0.4, -0.2) is 4.21 Å². The van der Waals surface area contributed by atoms with Crippen LogP contribution in [0.2, 0.25) is 0 Å². The van der Waals surface area contributed by atoms with Crippen molar-refractivity contribution < 1.29 is 8.60 Å². The van der Waals surface area contributed by atoms with Gasteiger partial charge in [-0.1, -0.05) is 24.3 Å². The number of anilines is 1. The average Bonchev–Trinajstić information content (AvgIpc) is 2.35. The highest BCUT2D eigenvalue weighted by molar-refractivity contribution is 7.84. The third-order valence-corrected chi connectivity index (χ3v) is 4.14. The molecule has 1 unspecified atom stereocenters. The fourth-order valence-electron chi connectivity index (χ4n) is 1.65. The van der Waals surface area contributed by atoms with Crippen LogP contribution < -0.4 is 5.73 Å². The highest BCUT2D eigenvalue weighted by Crippen LogP contribution is 2.18. The molecule has 1 atom stereocenters. The second-order valence-corrected chi connectivity index (χ2v) is 5.55. The summed E-state index contributed by atoms with van der Waals surface area (Å²) < 4.78 is 25.4. The molecule has 0 bridgehead atoms. The predicted octanol–water partition coefficient (Wildman–Crippen LogP) is 3.02. The summed E-state index contributed by atoms with van der Waals surface area (Å²) in [5.41, 5.74) is 7.56. The summed E-state index contributed by atoms with van der Waals surface area (Å²) in [7, 11) is -1.26. The molecule has 94 valence electrons. The van der Waals surface area contributed by atoms with E-state index < -0.39 is 16.6 Å². The molecule has 18 heavy (non-hydrogen) atoms. The van der Waals surface area contributed by atoms with E-state index in [0.717, 1.165) is 11.1 Å². The number of nitrogen functional groups attached to an aromatic ring is 1. The van der Waals surface area contributed by atoms with Crippen LogP contribution in [0.25, 0.3) is 0 Å². The number of halogens is 1. The Bertz CT molecular complexity index is 598. The second-order valence-electron chi connectivity index (χ2n) is 4.10. The van der Waals surface area contributed by atoms with E-state index in [0.29, 0.717) is 10.6 Å². The molecule has 0 saturated heterocycles. The predicted molar refractivity (Wildman–Crippen MR) is 72.1 cm³/mol. The minimum absolute atomic E-state index is 0.0756. The van der Waals surface area contributed by atoms with E-state index in [9.17, 15) is 8.60 Å². The van der Waals surface area contributed by atoms with Gasteiger partial charge in [-0.05, 0) is 36.2 Å². The highest BCUT2D eigenvalue weighted by atomic mass is 32.2. The Morgan fingerprint density at radius 3 is 2.61 bits per heavy atom. The van der Waals surface area contributed by atoms with E-state index in [1.807, 2.05) is 31.2 Å². The van der Waals surface area contributed by atoms with Crippen LogP contribution in [0.3, 0.4) is 0 Å². The Hall–Kier alpha value is -1.68. The Morgan fingerprint density at radius 1 is 1.22 bits per heavy atom. The van der Waals surface area contributed by atoms with Crippen LogP contribution in [0.4, 0.5) is 10.1 Å². The van der Waals surface area contributed by atoms with E-state index in [1.165, 1.54) is 12.1 Å². The molecule has 0 saturated carbocycles. The fraction of sp³-hybridized carbons (Fsp3) is 0.143. The third kappa shape index (κ3) is 2.76. The summed E-state index contributed by atoms with van der Waals surface area (Å²) in [6, 6.07) is 12.0. The Balaban J connectivity index is 2.22. The molecule has 0 aliphatic carbocycles. The molecule has 2 aromatic carbocycles. The molecular formula is C14H14FNOS. The fourth-order valence-corrected chi connectivity index (χ4v) is 2.87. The lowest BCUT2D eigenvalue weighted by Gasteiger charge is -2.06. The molecule has 0 amide bonds. The van der Waals surface area contributed by atoms with Crippen molar-refractivity contribution in [2.24, 2.45) is 0 Å². The maximum Gasteiger partial charge on any atom is 0.147 e. The van der Waals surface area contributed by atoms with Gasteiger partial charge in [0, 0.05) is 4.90 Å². The molecule has 0 aliphatic heterocycles. The lowest BCUT2D eigenvalue weighted by Crippen LogP contribution is -2.00. The number of aryl methyl sites for hydroxylation is 1. The first-order valence-electron chi connectivity index (χ1n) is 5.56. The average molecular weight is 263 g/mol. The van der Waals surface area contributed by atoms with Gasteiger partial charge in [0.1, 0.15) is 5.82 Å². The summed E-state index contributed by atoms with van der Waals surface area (Å²) in [6.45, 7) is 1.97. The molecule has 0 fully saturated rings. The monoisotopic (exact) mass is 263 g/mol. The lowest BCUT2D eigenvalue weighted by molar-refractivity contribution is 0.627. The standard InChI is InChI=1S/C14H14FNOS/c1-10-4-2-3-5-11(10)9-18(17)12-6-7-14(16)13(15)8-12/h2-8H,9,16H2,1H3. The maximum absolute atomic E-state index is 13.3. The van der Waals surface area contributed by atoms with E-state index in [-0.39, 0.29) is 5.69 Å². The molecule has 0 heterocycles.